The van der Waals surface area contributed by atoms with E-state index in [0.717, 1.165) is 11.1 Å². The number of carbonyl (C=O) groups is 1. The summed E-state index contributed by atoms with van der Waals surface area (Å²) in [5, 5.41) is 12.6. The van der Waals surface area contributed by atoms with Crippen LogP contribution in [0.4, 0.5) is 0 Å². The molecule has 0 aliphatic rings. The van der Waals surface area contributed by atoms with E-state index in [2.05, 4.69) is 5.32 Å². The Kier molecular flexibility index (Phi) is 6.50. The summed E-state index contributed by atoms with van der Waals surface area (Å²) in [4.78, 5) is 12.2. The molecule has 0 radical (unpaired) electrons. The molecule has 0 spiro atoms. The number of rotatable bonds is 7. The van der Waals surface area contributed by atoms with Gasteiger partial charge in [0, 0.05) is 10.6 Å². The number of amides is 1. The van der Waals surface area contributed by atoms with Crippen molar-refractivity contribution in [3.63, 3.8) is 0 Å². The fraction of sp³-hybridized carbons (Fsp3) is 0.0909. The first-order valence-corrected chi connectivity index (χ1v) is 8.92. The van der Waals surface area contributed by atoms with Gasteiger partial charge in [0.1, 0.15) is 29.8 Å². The maximum Gasteiger partial charge on any atom is 0.262 e. The van der Waals surface area contributed by atoms with Crippen molar-refractivity contribution in [3.05, 3.63) is 94.4 Å². The normalized spacial score (nSPS) is 10.9. The maximum atomic E-state index is 12.2. The van der Waals surface area contributed by atoms with E-state index in [1.165, 1.54) is 12.3 Å². The van der Waals surface area contributed by atoms with Crippen LogP contribution in [0, 0.1) is 11.3 Å². The third-order valence-corrected chi connectivity index (χ3v) is 4.28. The third kappa shape index (κ3) is 5.26. The molecule has 5 nitrogen and oxygen atoms in total. The molecule has 0 unspecified atom stereocenters. The van der Waals surface area contributed by atoms with Gasteiger partial charge in [-0.25, -0.2) is 0 Å². The fourth-order valence-electron chi connectivity index (χ4n) is 2.43. The van der Waals surface area contributed by atoms with Gasteiger partial charge in [0.05, 0.1) is 12.8 Å². The molecule has 0 atom stereocenters. The standard InChI is InChI=1S/C22H17ClN2O3/c23-21-6-2-1-4-17(21)15-28-19-9-7-16(8-10-19)12-18(13-24)22(26)25-14-20-5-3-11-27-20/h1-12H,14-15H2,(H,25,26)/b18-12+. The highest BCUT2D eigenvalue weighted by atomic mass is 35.5. The van der Waals surface area contributed by atoms with Crippen LogP contribution >= 0.6 is 11.6 Å². The highest BCUT2D eigenvalue weighted by Crippen LogP contribution is 2.19. The van der Waals surface area contributed by atoms with Crippen molar-refractivity contribution in [2.24, 2.45) is 0 Å². The molecule has 1 aromatic heterocycles. The second-order valence-electron chi connectivity index (χ2n) is 5.88. The van der Waals surface area contributed by atoms with E-state index in [9.17, 15) is 10.1 Å². The molecule has 0 aliphatic heterocycles. The van der Waals surface area contributed by atoms with Crippen LogP contribution in [0.1, 0.15) is 16.9 Å². The molecule has 1 heterocycles. The SMILES string of the molecule is N#C/C(=C\c1ccc(OCc2ccccc2Cl)cc1)C(=O)NCc1ccco1. The number of halogens is 1. The number of benzene rings is 2. The first-order valence-electron chi connectivity index (χ1n) is 8.54. The molecule has 0 saturated carbocycles. The molecular weight excluding hydrogens is 376 g/mol. The predicted octanol–water partition coefficient (Wildman–Crippen LogP) is 4.74. The van der Waals surface area contributed by atoms with Crippen molar-refractivity contribution in [1.29, 1.82) is 5.26 Å². The quantitative estimate of drug-likeness (QED) is 0.465. The molecule has 28 heavy (non-hydrogen) atoms. The van der Waals surface area contributed by atoms with Crippen LogP contribution in [-0.4, -0.2) is 5.91 Å². The lowest BCUT2D eigenvalue weighted by atomic mass is 10.1. The zero-order valence-corrected chi connectivity index (χ0v) is 15.6. The van der Waals surface area contributed by atoms with Gasteiger partial charge < -0.3 is 14.5 Å². The molecule has 3 aromatic rings. The van der Waals surface area contributed by atoms with Crippen LogP contribution in [0.15, 0.2) is 76.9 Å². The number of hydrogen-bond donors (Lipinski definition) is 1. The molecule has 1 N–H and O–H groups in total. The van der Waals surface area contributed by atoms with Crippen molar-refractivity contribution in [1.82, 2.24) is 5.32 Å². The summed E-state index contributed by atoms with van der Waals surface area (Å²) >= 11 is 6.11. The minimum atomic E-state index is -0.460. The first kappa shape index (κ1) is 19.3. The summed E-state index contributed by atoms with van der Waals surface area (Å²) in [6, 6.07) is 20.0. The highest BCUT2D eigenvalue weighted by molar-refractivity contribution is 6.31. The van der Waals surface area contributed by atoms with Crippen LogP contribution in [-0.2, 0) is 17.9 Å². The lowest BCUT2D eigenvalue weighted by molar-refractivity contribution is -0.117. The maximum absolute atomic E-state index is 12.2. The fourth-order valence-corrected chi connectivity index (χ4v) is 2.62. The second-order valence-corrected chi connectivity index (χ2v) is 6.29. The van der Waals surface area contributed by atoms with Crippen molar-refractivity contribution in [3.8, 4) is 11.8 Å². The molecule has 0 fully saturated rings. The summed E-state index contributed by atoms with van der Waals surface area (Å²) < 4.78 is 10.9. The van der Waals surface area contributed by atoms with Gasteiger partial charge in [0.2, 0.25) is 0 Å². The minimum Gasteiger partial charge on any atom is -0.489 e. The van der Waals surface area contributed by atoms with Crippen molar-refractivity contribution in [2.45, 2.75) is 13.2 Å². The second kappa shape index (κ2) is 9.45. The van der Waals surface area contributed by atoms with E-state index in [1.807, 2.05) is 30.3 Å². The largest absolute Gasteiger partial charge is 0.489 e. The molecule has 3 rings (SSSR count). The summed E-state index contributed by atoms with van der Waals surface area (Å²) in [6.07, 6.45) is 3.05. The van der Waals surface area contributed by atoms with Gasteiger partial charge in [-0.15, -0.1) is 0 Å². The van der Waals surface area contributed by atoms with Crippen LogP contribution < -0.4 is 10.1 Å². The van der Waals surface area contributed by atoms with Crippen LogP contribution in [0.2, 0.25) is 5.02 Å². The molecule has 0 aliphatic carbocycles. The van der Waals surface area contributed by atoms with E-state index < -0.39 is 5.91 Å². The van der Waals surface area contributed by atoms with Crippen molar-refractivity contribution >= 4 is 23.6 Å². The minimum absolute atomic E-state index is 0.0105. The van der Waals surface area contributed by atoms with Gasteiger partial charge in [-0.3, -0.25) is 4.79 Å². The average Bonchev–Trinajstić information content (AvgIpc) is 3.24. The number of ether oxygens (including phenoxy) is 1. The Morgan fingerprint density at radius 2 is 1.93 bits per heavy atom. The van der Waals surface area contributed by atoms with Gasteiger partial charge in [-0.1, -0.05) is 41.9 Å². The molecular formula is C22H17ClN2O3. The molecule has 0 saturated heterocycles. The van der Waals surface area contributed by atoms with Crippen molar-refractivity contribution < 1.29 is 13.9 Å². The average molecular weight is 393 g/mol. The highest BCUT2D eigenvalue weighted by Gasteiger charge is 2.09. The number of nitrogens with one attached hydrogen (secondary N) is 1. The lowest BCUT2D eigenvalue weighted by Crippen LogP contribution is -2.23. The third-order valence-electron chi connectivity index (χ3n) is 3.91. The number of carbonyl (C=O) groups excluding carboxylic acids is 1. The number of nitriles is 1. The zero-order chi connectivity index (χ0) is 19.8. The van der Waals surface area contributed by atoms with Crippen LogP contribution in [0.25, 0.3) is 6.08 Å². The Bertz CT molecular complexity index is 1000. The summed E-state index contributed by atoms with van der Waals surface area (Å²) in [5.74, 6) is 0.821. The topological polar surface area (TPSA) is 75.3 Å². The Labute approximate surface area is 167 Å². The van der Waals surface area contributed by atoms with Gasteiger partial charge in [-0.2, -0.15) is 5.26 Å². The molecule has 1 amide bonds. The number of hydrogen-bond acceptors (Lipinski definition) is 4. The Morgan fingerprint density at radius 3 is 2.61 bits per heavy atom. The molecule has 6 heteroatoms. The predicted molar refractivity (Wildman–Crippen MR) is 106 cm³/mol. The van der Waals surface area contributed by atoms with E-state index in [0.29, 0.717) is 23.1 Å². The molecule has 0 bridgehead atoms. The lowest BCUT2D eigenvalue weighted by Gasteiger charge is -2.08. The van der Waals surface area contributed by atoms with E-state index >= 15 is 0 Å². The van der Waals surface area contributed by atoms with Crippen LogP contribution in [0.5, 0.6) is 5.75 Å². The first-order chi connectivity index (χ1) is 13.7. The Hall–Kier alpha value is -3.49. The Balaban J connectivity index is 1.60. The summed E-state index contributed by atoms with van der Waals surface area (Å²) in [5.41, 5.74) is 1.62. The summed E-state index contributed by atoms with van der Waals surface area (Å²) in [7, 11) is 0. The molecule has 2 aromatic carbocycles. The van der Waals surface area contributed by atoms with Crippen LogP contribution in [0.3, 0.4) is 0 Å². The summed E-state index contributed by atoms with van der Waals surface area (Å²) in [6.45, 7) is 0.577. The monoisotopic (exact) mass is 392 g/mol. The van der Waals surface area contributed by atoms with Gasteiger partial charge in [0.25, 0.3) is 5.91 Å². The van der Waals surface area contributed by atoms with E-state index in [1.54, 1.807) is 36.4 Å². The smallest absolute Gasteiger partial charge is 0.262 e. The zero-order valence-electron chi connectivity index (χ0n) is 14.9. The van der Waals surface area contributed by atoms with Crippen molar-refractivity contribution in [2.75, 3.05) is 0 Å². The number of furan rings is 1. The van der Waals surface area contributed by atoms with E-state index in [4.69, 9.17) is 20.8 Å². The van der Waals surface area contributed by atoms with Gasteiger partial charge >= 0.3 is 0 Å². The van der Waals surface area contributed by atoms with E-state index in [-0.39, 0.29) is 12.1 Å². The van der Waals surface area contributed by atoms with Gasteiger partial charge in [0.15, 0.2) is 0 Å². The Morgan fingerprint density at radius 1 is 1.14 bits per heavy atom. The van der Waals surface area contributed by atoms with Gasteiger partial charge in [-0.05, 0) is 42.0 Å². The molecule has 140 valence electrons. The number of nitrogens with zero attached hydrogens (tertiary/aromatic N) is 1.